The molecule has 0 spiro atoms. The summed E-state index contributed by atoms with van der Waals surface area (Å²) in [4.78, 5) is 2.53. The molecule has 1 atom stereocenters. The third-order valence-corrected chi connectivity index (χ3v) is 8.63. The molecule has 0 radical (unpaired) electrons. The van der Waals surface area contributed by atoms with E-state index >= 15 is 0 Å². The van der Waals surface area contributed by atoms with E-state index in [4.69, 9.17) is 0 Å². The van der Waals surface area contributed by atoms with E-state index in [2.05, 4.69) is 138 Å². The van der Waals surface area contributed by atoms with Crippen LogP contribution < -0.4 is 4.90 Å². The summed E-state index contributed by atoms with van der Waals surface area (Å²) in [6.07, 6.45) is 10.5. The van der Waals surface area contributed by atoms with Crippen molar-refractivity contribution < 1.29 is 0 Å². The van der Waals surface area contributed by atoms with E-state index in [0.717, 1.165) is 19.3 Å². The van der Waals surface area contributed by atoms with Gasteiger partial charge in [-0.1, -0.05) is 84.4 Å². The molecule has 188 valence electrons. The van der Waals surface area contributed by atoms with Crippen LogP contribution in [0, 0.1) is 6.92 Å². The zero-order chi connectivity index (χ0) is 25.9. The van der Waals surface area contributed by atoms with Crippen molar-refractivity contribution in [3.8, 4) is 5.69 Å². The fourth-order valence-corrected chi connectivity index (χ4v) is 6.92. The standard InChI is InChI=1S/C37H30N2/c1-25-18-21-28(22-19-25)39-34-16-8-6-13-31(34)37-29(14-9-17-36(37)39)26-20-23-35-32(24-26)30-12-5-7-15-33(30)38(35)27-10-3-2-4-11-27/h2-8,10-16,18-22,24,35H,9,17,23H2,1H3. The number of para-hydroxylation sites is 3. The fourth-order valence-electron chi connectivity index (χ4n) is 6.92. The number of fused-ring (bicyclic) bond motifs is 6. The summed E-state index contributed by atoms with van der Waals surface area (Å²) < 4.78 is 2.50. The molecule has 39 heavy (non-hydrogen) atoms. The molecule has 1 unspecified atom stereocenters. The van der Waals surface area contributed by atoms with Crippen molar-refractivity contribution >= 4 is 33.4 Å². The maximum atomic E-state index is 2.53. The molecule has 2 nitrogen and oxygen atoms in total. The van der Waals surface area contributed by atoms with Crippen molar-refractivity contribution in [1.29, 1.82) is 0 Å². The van der Waals surface area contributed by atoms with Crippen LogP contribution in [-0.4, -0.2) is 10.6 Å². The molecule has 3 aliphatic rings. The second kappa shape index (κ2) is 8.74. The summed E-state index contributed by atoms with van der Waals surface area (Å²) in [5.74, 6) is 0. The molecule has 0 saturated carbocycles. The fraction of sp³-hybridized carbons (Fsp3) is 0.135. The Morgan fingerprint density at radius 3 is 2.36 bits per heavy atom. The molecule has 0 N–H and O–H groups in total. The van der Waals surface area contributed by atoms with Gasteiger partial charge >= 0.3 is 0 Å². The second-order valence-electron chi connectivity index (χ2n) is 10.9. The van der Waals surface area contributed by atoms with Gasteiger partial charge in [-0.25, -0.2) is 0 Å². The normalized spacial score (nSPS) is 17.7. The molecule has 1 aromatic heterocycles. The lowest BCUT2D eigenvalue weighted by atomic mass is 9.83. The Morgan fingerprint density at radius 2 is 1.49 bits per heavy atom. The summed E-state index contributed by atoms with van der Waals surface area (Å²) in [5.41, 5.74) is 14.8. The predicted octanol–water partition coefficient (Wildman–Crippen LogP) is 9.20. The van der Waals surface area contributed by atoms with E-state index in [1.54, 1.807) is 0 Å². The molecule has 8 rings (SSSR count). The first-order valence-electron chi connectivity index (χ1n) is 14.0. The van der Waals surface area contributed by atoms with Gasteiger partial charge in [0.15, 0.2) is 0 Å². The first-order chi connectivity index (χ1) is 19.3. The minimum absolute atomic E-state index is 0.325. The summed E-state index contributed by atoms with van der Waals surface area (Å²) >= 11 is 0. The number of aryl methyl sites for hydroxylation is 1. The van der Waals surface area contributed by atoms with Gasteiger partial charge in [0, 0.05) is 39.3 Å². The van der Waals surface area contributed by atoms with Crippen LogP contribution in [0.1, 0.15) is 35.2 Å². The van der Waals surface area contributed by atoms with Crippen molar-refractivity contribution in [2.75, 3.05) is 4.90 Å². The maximum absolute atomic E-state index is 2.53. The molecule has 1 aliphatic heterocycles. The highest BCUT2D eigenvalue weighted by Gasteiger charge is 2.36. The van der Waals surface area contributed by atoms with E-state index < -0.39 is 0 Å². The van der Waals surface area contributed by atoms with Gasteiger partial charge in [0.05, 0.1) is 11.6 Å². The highest BCUT2D eigenvalue weighted by Crippen LogP contribution is 2.50. The summed E-state index contributed by atoms with van der Waals surface area (Å²) in [7, 11) is 0. The van der Waals surface area contributed by atoms with Crippen LogP contribution in [0.3, 0.4) is 0 Å². The van der Waals surface area contributed by atoms with Crippen LogP contribution in [0.25, 0.3) is 27.7 Å². The third kappa shape index (κ3) is 3.41. The monoisotopic (exact) mass is 502 g/mol. The van der Waals surface area contributed by atoms with Crippen molar-refractivity contribution in [2.24, 2.45) is 0 Å². The lowest BCUT2D eigenvalue weighted by Gasteiger charge is -2.30. The van der Waals surface area contributed by atoms with E-state index in [1.807, 2.05) is 0 Å². The van der Waals surface area contributed by atoms with Gasteiger partial charge in [-0.15, -0.1) is 0 Å². The van der Waals surface area contributed by atoms with Crippen LogP contribution in [0.4, 0.5) is 11.4 Å². The first kappa shape index (κ1) is 22.4. The summed E-state index contributed by atoms with van der Waals surface area (Å²) in [5, 5.41) is 1.35. The van der Waals surface area contributed by atoms with Crippen molar-refractivity contribution in [3.63, 3.8) is 0 Å². The maximum Gasteiger partial charge on any atom is 0.0633 e. The number of allylic oxidation sites excluding steroid dienone is 4. The molecule has 2 aliphatic carbocycles. The number of hydrogen-bond acceptors (Lipinski definition) is 1. The van der Waals surface area contributed by atoms with Crippen LogP contribution in [-0.2, 0) is 6.42 Å². The second-order valence-corrected chi connectivity index (χ2v) is 10.9. The minimum atomic E-state index is 0.325. The Morgan fingerprint density at radius 1 is 0.718 bits per heavy atom. The SMILES string of the molecule is Cc1ccc(-n2c3c(c4ccccc42)C(C2=CCC4C(=C2)c2ccccc2N4c2ccccc2)=CCC3)cc1. The van der Waals surface area contributed by atoms with Gasteiger partial charge in [0.2, 0.25) is 0 Å². The van der Waals surface area contributed by atoms with Crippen molar-refractivity contribution in [3.05, 3.63) is 149 Å². The Bertz CT molecular complexity index is 1830. The first-order valence-corrected chi connectivity index (χ1v) is 14.0. The van der Waals surface area contributed by atoms with E-state index in [0.29, 0.717) is 6.04 Å². The number of aromatic nitrogens is 1. The zero-order valence-electron chi connectivity index (χ0n) is 22.1. The van der Waals surface area contributed by atoms with Crippen LogP contribution >= 0.6 is 0 Å². The number of anilines is 2. The van der Waals surface area contributed by atoms with Gasteiger partial charge in [-0.2, -0.15) is 0 Å². The summed E-state index contributed by atoms with van der Waals surface area (Å²) in [6.45, 7) is 2.16. The Labute approximate surface area is 229 Å². The topological polar surface area (TPSA) is 8.17 Å². The largest absolute Gasteiger partial charge is 0.333 e. The number of hydrogen-bond donors (Lipinski definition) is 0. The Kier molecular flexibility index (Phi) is 5.03. The number of nitrogens with zero attached hydrogens (tertiary/aromatic N) is 2. The smallest absolute Gasteiger partial charge is 0.0633 e. The molecule has 5 aromatic rings. The summed E-state index contributed by atoms with van der Waals surface area (Å²) in [6, 6.07) is 38.0. The molecule has 4 aromatic carbocycles. The molecular weight excluding hydrogens is 472 g/mol. The lowest BCUT2D eigenvalue weighted by Crippen LogP contribution is -2.27. The van der Waals surface area contributed by atoms with E-state index in [-0.39, 0.29) is 0 Å². The van der Waals surface area contributed by atoms with Gasteiger partial charge in [0.25, 0.3) is 0 Å². The highest BCUT2D eigenvalue weighted by atomic mass is 15.2. The predicted molar refractivity (Wildman–Crippen MR) is 164 cm³/mol. The molecule has 0 amide bonds. The molecule has 0 bridgehead atoms. The molecule has 2 heterocycles. The van der Waals surface area contributed by atoms with E-state index in [1.165, 1.54) is 67.1 Å². The quantitative estimate of drug-likeness (QED) is 0.239. The lowest BCUT2D eigenvalue weighted by molar-refractivity contribution is 0.825. The number of rotatable bonds is 3. The van der Waals surface area contributed by atoms with E-state index in [9.17, 15) is 0 Å². The van der Waals surface area contributed by atoms with Crippen molar-refractivity contribution in [1.82, 2.24) is 4.57 Å². The average molecular weight is 503 g/mol. The minimum Gasteiger partial charge on any atom is -0.333 e. The highest BCUT2D eigenvalue weighted by molar-refractivity contribution is 6.03. The van der Waals surface area contributed by atoms with Gasteiger partial charge in [0.1, 0.15) is 0 Å². The number of benzene rings is 4. The van der Waals surface area contributed by atoms with Gasteiger partial charge < -0.3 is 9.47 Å². The Balaban J connectivity index is 1.27. The average Bonchev–Trinajstić information content (AvgIpc) is 3.51. The van der Waals surface area contributed by atoms with Crippen LogP contribution in [0.5, 0.6) is 0 Å². The molecule has 2 heteroatoms. The zero-order valence-corrected chi connectivity index (χ0v) is 22.1. The van der Waals surface area contributed by atoms with Crippen molar-refractivity contribution in [2.45, 2.75) is 32.2 Å². The molecular formula is C37H30N2. The van der Waals surface area contributed by atoms with Crippen LogP contribution in [0.15, 0.2) is 127 Å². The van der Waals surface area contributed by atoms with Crippen LogP contribution in [0.2, 0.25) is 0 Å². The Hall–Kier alpha value is -4.56. The third-order valence-electron chi connectivity index (χ3n) is 8.63. The van der Waals surface area contributed by atoms with Gasteiger partial charge in [-0.3, -0.25) is 0 Å². The molecule has 0 fully saturated rings. The molecule has 0 saturated heterocycles. The van der Waals surface area contributed by atoms with Gasteiger partial charge in [-0.05, 0) is 85.4 Å².